The van der Waals surface area contributed by atoms with Crippen molar-refractivity contribution in [2.45, 2.75) is 32.8 Å². The Bertz CT molecular complexity index is 712. The first kappa shape index (κ1) is 21.7. The van der Waals surface area contributed by atoms with Crippen LogP contribution in [-0.4, -0.2) is 38.2 Å². The lowest BCUT2D eigenvalue weighted by molar-refractivity contribution is -0.172. The largest absolute Gasteiger partial charge is 0.493 e. The summed E-state index contributed by atoms with van der Waals surface area (Å²) >= 11 is 3.33. The fourth-order valence-electron chi connectivity index (χ4n) is 1.93. The number of esters is 3. The van der Waals surface area contributed by atoms with Gasteiger partial charge in [-0.05, 0) is 31.0 Å². The molecule has 26 heavy (non-hydrogen) atoms. The number of carbonyl (C=O) groups is 3. The maximum absolute atomic E-state index is 12.1. The van der Waals surface area contributed by atoms with Crippen LogP contribution in [0, 0.1) is 0 Å². The molecule has 1 aromatic rings. The summed E-state index contributed by atoms with van der Waals surface area (Å²) in [5, 5.41) is 0. The average Bonchev–Trinajstić information content (AvgIpc) is 2.60. The van der Waals surface area contributed by atoms with Crippen LogP contribution >= 0.6 is 15.9 Å². The Morgan fingerprint density at radius 3 is 2.23 bits per heavy atom. The molecule has 0 aliphatic carbocycles. The quantitative estimate of drug-likeness (QED) is 0.357. The van der Waals surface area contributed by atoms with E-state index in [0.717, 1.165) is 0 Å². The molecular formula is C18H21BrO7. The standard InChI is InChI=1S/C18H21BrO7/c1-6-13(25-17(21)10(2)3)18(22)26-16(20)8-11-7-14(23-4)15(24-5)9-12(11)19/h7,9,13H,2,6,8H2,1,3-5H3. The summed E-state index contributed by atoms with van der Waals surface area (Å²) in [7, 11) is 2.97. The highest BCUT2D eigenvalue weighted by Gasteiger charge is 2.26. The van der Waals surface area contributed by atoms with Crippen molar-refractivity contribution < 1.29 is 33.3 Å². The van der Waals surface area contributed by atoms with Crippen LogP contribution in [-0.2, 0) is 30.3 Å². The SMILES string of the molecule is C=C(C)C(=O)OC(CC)C(=O)OC(=O)Cc1cc(OC)c(OC)cc1Br. The molecule has 0 aliphatic rings. The van der Waals surface area contributed by atoms with Gasteiger partial charge in [-0.2, -0.15) is 0 Å². The van der Waals surface area contributed by atoms with E-state index in [4.69, 9.17) is 18.9 Å². The minimum absolute atomic E-state index is 0.150. The molecule has 1 aromatic carbocycles. The molecule has 1 atom stereocenters. The lowest BCUT2D eigenvalue weighted by atomic mass is 10.1. The van der Waals surface area contributed by atoms with Crippen LogP contribution in [0.3, 0.4) is 0 Å². The minimum Gasteiger partial charge on any atom is -0.493 e. The normalized spacial score (nSPS) is 11.3. The first-order valence-corrected chi connectivity index (χ1v) is 8.54. The predicted molar refractivity (Wildman–Crippen MR) is 97.0 cm³/mol. The van der Waals surface area contributed by atoms with Gasteiger partial charge in [-0.1, -0.05) is 29.4 Å². The Hall–Kier alpha value is -2.35. The van der Waals surface area contributed by atoms with E-state index in [2.05, 4.69) is 22.5 Å². The van der Waals surface area contributed by atoms with Crippen LogP contribution in [0.25, 0.3) is 0 Å². The van der Waals surface area contributed by atoms with Crippen LogP contribution in [0.15, 0.2) is 28.8 Å². The van der Waals surface area contributed by atoms with Crippen LogP contribution < -0.4 is 9.47 Å². The molecule has 0 aliphatic heterocycles. The first-order chi connectivity index (χ1) is 12.2. The Balaban J connectivity index is 2.80. The molecule has 0 saturated heterocycles. The van der Waals surface area contributed by atoms with Crippen molar-refractivity contribution in [3.63, 3.8) is 0 Å². The van der Waals surface area contributed by atoms with Gasteiger partial charge in [0, 0.05) is 10.0 Å². The maximum atomic E-state index is 12.1. The maximum Gasteiger partial charge on any atom is 0.355 e. The zero-order chi connectivity index (χ0) is 19.9. The molecule has 0 amide bonds. The highest BCUT2D eigenvalue weighted by atomic mass is 79.9. The summed E-state index contributed by atoms with van der Waals surface area (Å²) in [5.74, 6) is -1.50. The molecule has 142 valence electrons. The molecule has 1 unspecified atom stereocenters. The molecule has 0 radical (unpaired) electrons. The molecule has 7 nitrogen and oxygen atoms in total. The highest BCUT2D eigenvalue weighted by molar-refractivity contribution is 9.10. The van der Waals surface area contributed by atoms with Crippen molar-refractivity contribution in [3.05, 3.63) is 34.3 Å². The van der Waals surface area contributed by atoms with E-state index in [-0.39, 0.29) is 18.4 Å². The third kappa shape index (κ3) is 5.87. The zero-order valence-corrected chi connectivity index (χ0v) is 16.7. The molecule has 0 aromatic heterocycles. The monoisotopic (exact) mass is 428 g/mol. The second-order valence-corrected chi connectivity index (χ2v) is 6.21. The number of halogens is 1. The minimum atomic E-state index is -1.17. The van der Waals surface area contributed by atoms with Crippen LogP contribution in [0.1, 0.15) is 25.8 Å². The summed E-state index contributed by atoms with van der Waals surface area (Å²) in [6.45, 7) is 6.53. The predicted octanol–water partition coefficient (Wildman–Crippen LogP) is 2.98. The van der Waals surface area contributed by atoms with Gasteiger partial charge in [0.05, 0.1) is 20.6 Å². The number of ether oxygens (including phenoxy) is 4. The summed E-state index contributed by atoms with van der Waals surface area (Å²) in [4.78, 5) is 35.6. The Kier molecular flexibility index (Phi) is 8.31. The third-order valence-electron chi connectivity index (χ3n) is 3.33. The van der Waals surface area contributed by atoms with Crippen molar-refractivity contribution in [2.24, 2.45) is 0 Å². The van der Waals surface area contributed by atoms with Crippen LogP contribution in [0.5, 0.6) is 11.5 Å². The van der Waals surface area contributed by atoms with Crippen molar-refractivity contribution in [1.82, 2.24) is 0 Å². The summed E-state index contributed by atoms with van der Waals surface area (Å²) < 4.78 is 20.7. The summed E-state index contributed by atoms with van der Waals surface area (Å²) in [5.41, 5.74) is 0.698. The zero-order valence-electron chi connectivity index (χ0n) is 15.1. The molecule has 0 saturated carbocycles. The summed E-state index contributed by atoms with van der Waals surface area (Å²) in [6.07, 6.45) is -1.18. The van der Waals surface area contributed by atoms with Gasteiger partial charge in [0.1, 0.15) is 0 Å². The van der Waals surface area contributed by atoms with Crippen molar-refractivity contribution in [1.29, 1.82) is 0 Å². The number of benzene rings is 1. The number of hydrogen-bond donors (Lipinski definition) is 0. The second kappa shape index (κ2) is 9.96. The topological polar surface area (TPSA) is 88.1 Å². The van der Waals surface area contributed by atoms with Crippen molar-refractivity contribution in [2.75, 3.05) is 14.2 Å². The Morgan fingerprint density at radius 2 is 1.73 bits per heavy atom. The van der Waals surface area contributed by atoms with Crippen LogP contribution in [0.2, 0.25) is 0 Å². The molecule has 0 bridgehead atoms. The fourth-order valence-corrected chi connectivity index (χ4v) is 2.39. The van der Waals surface area contributed by atoms with E-state index >= 15 is 0 Å². The first-order valence-electron chi connectivity index (χ1n) is 7.74. The van der Waals surface area contributed by atoms with Gasteiger partial charge in [0.2, 0.25) is 0 Å². The van der Waals surface area contributed by atoms with E-state index in [0.29, 0.717) is 21.5 Å². The van der Waals surface area contributed by atoms with Gasteiger partial charge in [-0.3, -0.25) is 4.79 Å². The molecular weight excluding hydrogens is 408 g/mol. The third-order valence-corrected chi connectivity index (χ3v) is 4.07. The van der Waals surface area contributed by atoms with E-state index in [1.54, 1.807) is 19.1 Å². The number of rotatable bonds is 8. The molecule has 0 N–H and O–H groups in total. The van der Waals surface area contributed by atoms with Crippen molar-refractivity contribution in [3.8, 4) is 11.5 Å². The molecule has 8 heteroatoms. The number of methoxy groups -OCH3 is 2. The van der Waals surface area contributed by atoms with E-state index in [1.165, 1.54) is 21.1 Å². The Labute approximate surface area is 160 Å². The highest BCUT2D eigenvalue weighted by Crippen LogP contribution is 2.33. The number of carbonyl (C=O) groups excluding carboxylic acids is 3. The molecule has 0 heterocycles. The van der Waals surface area contributed by atoms with Gasteiger partial charge >= 0.3 is 17.9 Å². The molecule has 1 rings (SSSR count). The van der Waals surface area contributed by atoms with Crippen molar-refractivity contribution >= 4 is 33.8 Å². The van der Waals surface area contributed by atoms with Gasteiger partial charge in [0.25, 0.3) is 0 Å². The van der Waals surface area contributed by atoms with Crippen LogP contribution in [0.4, 0.5) is 0 Å². The van der Waals surface area contributed by atoms with Gasteiger partial charge < -0.3 is 18.9 Å². The smallest absolute Gasteiger partial charge is 0.355 e. The second-order valence-electron chi connectivity index (χ2n) is 5.35. The van der Waals surface area contributed by atoms with E-state index in [1.807, 2.05) is 0 Å². The molecule has 0 fully saturated rings. The fraction of sp³-hybridized carbons (Fsp3) is 0.389. The van der Waals surface area contributed by atoms with Gasteiger partial charge in [0.15, 0.2) is 17.6 Å². The number of hydrogen-bond acceptors (Lipinski definition) is 7. The van der Waals surface area contributed by atoms with E-state index in [9.17, 15) is 14.4 Å². The lowest BCUT2D eigenvalue weighted by Crippen LogP contribution is -2.31. The molecule has 0 spiro atoms. The average molecular weight is 429 g/mol. The summed E-state index contributed by atoms with van der Waals surface area (Å²) in [6, 6.07) is 3.25. The van der Waals surface area contributed by atoms with Gasteiger partial charge in [-0.25, -0.2) is 9.59 Å². The van der Waals surface area contributed by atoms with E-state index < -0.39 is 24.0 Å². The lowest BCUT2D eigenvalue weighted by Gasteiger charge is -2.15. The van der Waals surface area contributed by atoms with Gasteiger partial charge in [-0.15, -0.1) is 0 Å². The Morgan fingerprint density at radius 1 is 1.15 bits per heavy atom.